The van der Waals surface area contributed by atoms with E-state index < -0.39 is 17.6 Å². The molecule has 1 aromatic carbocycles. The van der Waals surface area contributed by atoms with Gasteiger partial charge in [0, 0.05) is 28.7 Å². The van der Waals surface area contributed by atoms with Crippen LogP contribution in [0.3, 0.4) is 0 Å². The van der Waals surface area contributed by atoms with Crippen LogP contribution in [-0.4, -0.2) is 15.7 Å². The van der Waals surface area contributed by atoms with E-state index in [9.17, 15) is 23.3 Å². The molecule has 0 saturated carbocycles. The Morgan fingerprint density at radius 3 is 2.52 bits per heavy atom. The standard InChI is InChI=1S/C14H15F3N2O2/c1-3-4-11-9(2)18(8-14(15,16)17)13-6-5-10(19(20)21)7-12(11)13/h5-7H,3-4,8H2,1-2H3. The van der Waals surface area contributed by atoms with Gasteiger partial charge >= 0.3 is 6.18 Å². The zero-order valence-corrected chi connectivity index (χ0v) is 11.7. The highest BCUT2D eigenvalue weighted by atomic mass is 19.4. The predicted octanol–water partition coefficient (Wildman–Crippen LogP) is 4.37. The van der Waals surface area contributed by atoms with Crippen LogP contribution in [0.25, 0.3) is 10.9 Å². The number of nitro benzene ring substituents is 1. The van der Waals surface area contributed by atoms with Gasteiger partial charge in [-0.1, -0.05) is 13.3 Å². The van der Waals surface area contributed by atoms with Gasteiger partial charge in [0.25, 0.3) is 5.69 Å². The maximum atomic E-state index is 12.7. The van der Waals surface area contributed by atoms with Gasteiger partial charge in [-0.15, -0.1) is 0 Å². The molecule has 0 fully saturated rings. The highest BCUT2D eigenvalue weighted by molar-refractivity contribution is 5.87. The molecule has 2 aromatic rings. The first kappa shape index (κ1) is 15.3. The number of non-ortho nitro benzene ring substituents is 1. The van der Waals surface area contributed by atoms with Crippen LogP contribution in [0.2, 0.25) is 0 Å². The molecule has 0 aliphatic heterocycles. The Bertz CT molecular complexity index is 690. The van der Waals surface area contributed by atoms with Crippen LogP contribution in [0.5, 0.6) is 0 Å². The molecule has 0 atom stereocenters. The molecule has 0 N–H and O–H groups in total. The number of nitrogens with zero attached hydrogens (tertiary/aromatic N) is 2. The molecule has 0 saturated heterocycles. The number of fused-ring (bicyclic) bond motifs is 1. The van der Waals surface area contributed by atoms with E-state index in [4.69, 9.17) is 0 Å². The third-order valence-electron chi connectivity index (χ3n) is 3.49. The first-order chi connectivity index (χ1) is 9.74. The lowest BCUT2D eigenvalue weighted by Gasteiger charge is -2.11. The van der Waals surface area contributed by atoms with Gasteiger partial charge in [-0.3, -0.25) is 10.1 Å². The van der Waals surface area contributed by atoms with Crippen LogP contribution in [0.1, 0.15) is 24.6 Å². The number of halogens is 3. The molecule has 0 radical (unpaired) electrons. The zero-order valence-electron chi connectivity index (χ0n) is 11.7. The Balaban J connectivity index is 2.69. The van der Waals surface area contributed by atoms with Crippen LogP contribution < -0.4 is 0 Å². The molecular weight excluding hydrogens is 285 g/mol. The minimum atomic E-state index is -4.33. The van der Waals surface area contributed by atoms with Gasteiger partial charge < -0.3 is 4.57 Å². The summed E-state index contributed by atoms with van der Waals surface area (Å²) in [6, 6.07) is 4.00. The van der Waals surface area contributed by atoms with Gasteiger partial charge in [0.05, 0.1) is 4.92 Å². The monoisotopic (exact) mass is 300 g/mol. The van der Waals surface area contributed by atoms with Gasteiger partial charge in [0.2, 0.25) is 0 Å². The third-order valence-corrected chi connectivity index (χ3v) is 3.49. The van der Waals surface area contributed by atoms with Gasteiger partial charge in [-0.2, -0.15) is 13.2 Å². The second-order valence-electron chi connectivity index (χ2n) is 4.97. The largest absolute Gasteiger partial charge is 0.406 e. The summed E-state index contributed by atoms with van der Waals surface area (Å²) in [6.07, 6.45) is -2.98. The Hall–Kier alpha value is -2.05. The average molecular weight is 300 g/mol. The van der Waals surface area contributed by atoms with E-state index in [1.165, 1.54) is 22.8 Å². The summed E-state index contributed by atoms with van der Waals surface area (Å²) < 4.78 is 39.4. The van der Waals surface area contributed by atoms with E-state index in [0.29, 0.717) is 23.0 Å². The van der Waals surface area contributed by atoms with Crippen LogP contribution in [-0.2, 0) is 13.0 Å². The normalized spacial score (nSPS) is 12.0. The van der Waals surface area contributed by atoms with Crippen LogP contribution in [0.15, 0.2) is 18.2 Å². The summed E-state index contributed by atoms with van der Waals surface area (Å²) in [5.41, 5.74) is 1.55. The summed E-state index contributed by atoms with van der Waals surface area (Å²) >= 11 is 0. The maximum Gasteiger partial charge on any atom is 0.406 e. The molecule has 2 rings (SSSR count). The topological polar surface area (TPSA) is 48.1 Å². The van der Waals surface area contributed by atoms with Crippen molar-refractivity contribution in [3.63, 3.8) is 0 Å². The van der Waals surface area contributed by atoms with E-state index in [0.717, 1.165) is 12.0 Å². The fourth-order valence-corrected chi connectivity index (χ4v) is 2.60. The number of alkyl halides is 3. The summed E-state index contributed by atoms with van der Waals surface area (Å²) in [5, 5.41) is 11.4. The highest BCUT2D eigenvalue weighted by Gasteiger charge is 2.30. The van der Waals surface area contributed by atoms with Crippen molar-refractivity contribution >= 4 is 16.6 Å². The van der Waals surface area contributed by atoms with Crippen LogP contribution >= 0.6 is 0 Å². The number of aryl methyl sites for hydroxylation is 1. The number of hydrogen-bond acceptors (Lipinski definition) is 2. The zero-order chi connectivity index (χ0) is 15.8. The molecule has 7 heteroatoms. The molecular formula is C14H15F3N2O2. The van der Waals surface area contributed by atoms with E-state index in [-0.39, 0.29) is 5.69 Å². The first-order valence-corrected chi connectivity index (χ1v) is 6.57. The Labute approximate surface area is 119 Å². The van der Waals surface area contributed by atoms with Gasteiger partial charge in [-0.05, 0) is 25.0 Å². The van der Waals surface area contributed by atoms with E-state index >= 15 is 0 Å². The molecule has 114 valence electrons. The van der Waals surface area contributed by atoms with Gasteiger partial charge in [0.1, 0.15) is 6.54 Å². The number of nitro groups is 1. The number of aromatic nitrogens is 1. The molecule has 0 amide bonds. The molecule has 0 bridgehead atoms. The number of benzene rings is 1. The minimum Gasteiger partial charge on any atom is -0.335 e. The Kier molecular flexibility index (Phi) is 3.93. The molecule has 0 aliphatic carbocycles. The first-order valence-electron chi connectivity index (χ1n) is 6.57. The van der Waals surface area contributed by atoms with Gasteiger partial charge in [-0.25, -0.2) is 0 Å². The second kappa shape index (κ2) is 5.38. The lowest BCUT2D eigenvalue weighted by atomic mass is 10.1. The molecule has 0 spiro atoms. The summed E-state index contributed by atoms with van der Waals surface area (Å²) in [5.74, 6) is 0. The van der Waals surface area contributed by atoms with Crippen molar-refractivity contribution in [3.8, 4) is 0 Å². The fourth-order valence-electron chi connectivity index (χ4n) is 2.60. The number of rotatable bonds is 4. The van der Waals surface area contributed by atoms with Crippen molar-refractivity contribution in [1.82, 2.24) is 4.57 Å². The molecule has 4 nitrogen and oxygen atoms in total. The van der Waals surface area contributed by atoms with Crippen molar-refractivity contribution in [2.75, 3.05) is 0 Å². The molecule has 0 aliphatic rings. The molecule has 1 aromatic heterocycles. The van der Waals surface area contributed by atoms with Crippen molar-refractivity contribution in [2.24, 2.45) is 0 Å². The minimum absolute atomic E-state index is 0.107. The lowest BCUT2D eigenvalue weighted by molar-refractivity contribution is -0.384. The molecule has 0 unspecified atom stereocenters. The fraction of sp³-hybridized carbons (Fsp3) is 0.429. The Morgan fingerprint density at radius 1 is 1.33 bits per heavy atom. The van der Waals surface area contributed by atoms with Crippen molar-refractivity contribution in [3.05, 3.63) is 39.6 Å². The molecule has 1 heterocycles. The summed E-state index contributed by atoms with van der Waals surface area (Å²) in [6.45, 7) is 2.46. The quantitative estimate of drug-likeness (QED) is 0.621. The van der Waals surface area contributed by atoms with E-state index in [1.807, 2.05) is 6.92 Å². The van der Waals surface area contributed by atoms with Crippen LogP contribution in [0, 0.1) is 17.0 Å². The van der Waals surface area contributed by atoms with Crippen molar-refractivity contribution < 1.29 is 18.1 Å². The maximum absolute atomic E-state index is 12.7. The highest BCUT2D eigenvalue weighted by Crippen LogP contribution is 2.32. The third kappa shape index (κ3) is 3.01. The Morgan fingerprint density at radius 2 is 2.00 bits per heavy atom. The average Bonchev–Trinajstić information content (AvgIpc) is 2.62. The second-order valence-corrected chi connectivity index (χ2v) is 4.97. The van der Waals surface area contributed by atoms with Crippen molar-refractivity contribution in [2.45, 2.75) is 39.4 Å². The van der Waals surface area contributed by atoms with E-state index in [2.05, 4.69) is 0 Å². The van der Waals surface area contributed by atoms with Crippen molar-refractivity contribution in [1.29, 1.82) is 0 Å². The smallest absolute Gasteiger partial charge is 0.335 e. The number of hydrogen-bond donors (Lipinski definition) is 0. The molecule has 21 heavy (non-hydrogen) atoms. The summed E-state index contributed by atoms with van der Waals surface area (Å²) in [7, 11) is 0. The SMILES string of the molecule is CCCc1c(C)n(CC(F)(F)F)c2ccc([N+](=O)[O-])cc12. The predicted molar refractivity (Wildman–Crippen MR) is 73.4 cm³/mol. The van der Waals surface area contributed by atoms with Gasteiger partial charge in [0.15, 0.2) is 0 Å². The lowest BCUT2D eigenvalue weighted by Crippen LogP contribution is -2.18. The van der Waals surface area contributed by atoms with E-state index in [1.54, 1.807) is 6.92 Å². The van der Waals surface area contributed by atoms with Crippen LogP contribution in [0.4, 0.5) is 18.9 Å². The summed E-state index contributed by atoms with van der Waals surface area (Å²) in [4.78, 5) is 10.3.